The largest absolute Gasteiger partial charge is 0.481 e. The first-order chi connectivity index (χ1) is 12.8. The first-order valence-corrected chi connectivity index (χ1v) is 11.3. The van der Waals surface area contributed by atoms with Gasteiger partial charge in [0.25, 0.3) is 0 Å². The van der Waals surface area contributed by atoms with Crippen molar-refractivity contribution in [1.82, 2.24) is 0 Å². The summed E-state index contributed by atoms with van der Waals surface area (Å²) in [6.45, 7) is 2.28. The molecule has 0 saturated heterocycles. The van der Waals surface area contributed by atoms with E-state index in [9.17, 15) is 4.79 Å². The smallest absolute Gasteiger partial charge is 0.303 e. The second-order valence-electron chi connectivity index (χ2n) is 7.48. The molecule has 152 valence electrons. The van der Waals surface area contributed by atoms with Gasteiger partial charge in [-0.05, 0) is 38.5 Å². The van der Waals surface area contributed by atoms with E-state index < -0.39 is 5.97 Å². The number of rotatable bonds is 20. The van der Waals surface area contributed by atoms with E-state index in [4.69, 9.17) is 5.11 Å². The highest BCUT2D eigenvalue weighted by Gasteiger charge is 1.94. The van der Waals surface area contributed by atoms with Gasteiger partial charge in [0.1, 0.15) is 0 Å². The summed E-state index contributed by atoms with van der Waals surface area (Å²) in [6, 6.07) is 0. The van der Waals surface area contributed by atoms with Crippen LogP contribution in [-0.4, -0.2) is 11.1 Å². The van der Waals surface area contributed by atoms with Gasteiger partial charge < -0.3 is 5.11 Å². The number of unbranched alkanes of at least 4 members (excludes halogenated alkanes) is 14. The van der Waals surface area contributed by atoms with Crippen LogP contribution in [0.2, 0.25) is 0 Å². The van der Waals surface area contributed by atoms with Crippen molar-refractivity contribution in [2.45, 2.75) is 122 Å². The van der Waals surface area contributed by atoms with E-state index >= 15 is 0 Å². The normalized spacial score (nSPS) is 11.7. The van der Waals surface area contributed by atoms with Gasteiger partial charge in [0, 0.05) is 6.42 Å². The number of carbonyl (C=O) groups is 1. The van der Waals surface area contributed by atoms with Gasteiger partial charge >= 0.3 is 5.97 Å². The van der Waals surface area contributed by atoms with Crippen molar-refractivity contribution in [3.05, 3.63) is 24.3 Å². The molecule has 0 fully saturated rings. The minimum atomic E-state index is -0.695. The third-order valence-corrected chi connectivity index (χ3v) is 4.82. The lowest BCUT2D eigenvalue weighted by Crippen LogP contribution is -1.92. The molecule has 0 heterocycles. The number of allylic oxidation sites excluding steroid dienone is 4. The van der Waals surface area contributed by atoms with E-state index in [0.717, 1.165) is 25.7 Å². The Labute approximate surface area is 163 Å². The van der Waals surface area contributed by atoms with E-state index in [2.05, 4.69) is 31.2 Å². The van der Waals surface area contributed by atoms with Crippen LogP contribution in [0, 0.1) is 0 Å². The lowest BCUT2D eigenvalue weighted by molar-refractivity contribution is -0.137. The van der Waals surface area contributed by atoms with Crippen LogP contribution >= 0.6 is 0 Å². The Morgan fingerprint density at radius 3 is 1.42 bits per heavy atom. The Bertz CT molecular complexity index is 344. The monoisotopic (exact) mass is 364 g/mol. The summed E-state index contributed by atoms with van der Waals surface area (Å²) in [5, 5.41) is 8.54. The molecule has 0 bridgehead atoms. The Kier molecular flexibility index (Phi) is 21.1. The molecular formula is C24H44O2. The van der Waals surface area contributed by atoms with E-state index in [1.165, 1.54) is 83.5 Å². The highest BCUT2D eigenvalue weighted by Crippen LogP contribution is 2.12. The van der Waals surface area contributed by atoms with Gasteiger partial charge in [0.15, 0.2) is 0 Å². The molecule has 0 radical (unpaired) electrons. The van der Waals surface area contributed by atoms with Crippen molar-refractivity contribution in [3.8, 4) is 0 Å². The molecule has 2 heteroatoms. The van der Waals surface area contributed by atoms with Gasteiger partial charge in [-0.2, -0.15) is 0 Å². The third-order valence-electron chi connectivity index (χ3n) is 4.82. The molecule has 0 aromatic rings. The SMILES string of the molecule is CCCCCCCCCCCCCCC=CCCC=CCCCC(=O)O. The third kappa shape index (κ3) is 22.9. The summed E-state index contributed by atoms with van der Waals surface area (Å²) >= 11 is 0. The zero-order chi connectivity index (χ0) is 19.1. The second-order valence-corrected chi connectivity index (χ2v) is 7.48. The van der Waals surface area contributed by atoms with Gasteiger partial charge in [0.2, 0.25) is 0 Å². The summed E-state index contributed by atoms with van der Waals surface area (Å²) in [6.07, 6.45) is 31.2. The Morgan fingerprint density at radius 1 is 0.577 bits per heavy atom. The molecule has 0 atom stereocenters. The van der Waals surface area contributed by atoms with Crippen molar-refractivity contribution >= 4 is 5.97 Å². The number of hydrogen-bond donors (Lipinski definition) is 1. The molecule has 0 aromatic heterocycles. The maximum absolute atomic E-state index is 10.4. The molecule has 0 spiro atoms. The number of aliphatic carboxylic acids is 1. The minimum Gasteiger partial charge on any atom is -0.481 e. The van der Waals surface area contributed by atoms with E-state index in [1.807, 2.05) is 0 Å². The number of carboxylic acids is 1. The summed E-state index contributed by atoms with van der Waals surface area (Å²) in [4.78, 5) is 10.4. The zero-order valence-electron chi connectivity index (χ0n) is 17.4. The summed E-state index contributed by atoms with van der Waals surface area (Å²) in [5.41, 5.74) is 0. The predicted octanol–water partition coefficient (Wildman–Crippen LogP) is 8.23. The van der Waals surface area contributed by atoms with Crippen LogP contribution in [0.15, 0.2) is 24.3 Å². The Hall–Kier alpha value is -1.05. The fourth-order valence-electron chi connectivity index (χ4n) is 3.14. The highest BCUT2D eigenvalue weighted by molar-refractivity contribution is 5.66. The van der Waals surface area contributed by atoms with E-state index in [0.29, 0.717) is 0 Å². The Balaban J connectivity index is 3.15. The first-order valence-electron chi connectivity index (χ1n) is 11.3. The molecule has 0 aliphatic heterocycles. The average molecular weight is 365 g/mol. The average Bonchev–Trinajstić information content (AvgIpc) is 2.62. The van der Waals surface area contributed by atoms with E-state index in [-0.39, 0.29) is 6.42 Å². The maximum atomic E-state index is 10.4. The van der Waals surface area contributed by atoms with Crippen LogP contribution in [0.25, 0.3) is 0 Å². The van der Waals surface area contributed by atoms with Crippen molar-refractivity contribution in [3.63, 3.8) is 0 Å². The summed E-state index contributed by atoms with van der Waals surface area (Å²) < 4.78 is 0. The predicted molar refractivity (Wildman–Crippen MR) is 115 cm³/mol. The molecule has 0 aliphatic rings. The lowest BCUT2D eigenvalue weighted by atomic mass is 10.0. The topological polar surface area (TPSA) is 37.3 Å². The van der Waals surface area contributed by atoms with Gasteiger partial charge in [0.05, 0.1) is 0 Å². The molecule has 0 saturated carbocycles. The molecule has 0 aromatic carbocycles. The molecule has 0 unspecified atom stereocenters. The zero-order valence-corrected chi connectivity index (χ0v) is 17.4. The van der Waals surface area contributed by atoms with Crippen molar-refractivity contribution in [2.75, 3.05) is 0 Å². The molecule has 0 aliphatic carbocycles. The quantitative estimate of drug-likeness (QED) is 0.174. The van der Waals surface area contributed by atoms with Crippen molar-refractivity contribution < 1.29 is 9.90 Å². The van der Waals surface area contributed by atoms with Crippen LogP contribution in [-0.2, 0) is 4.79 Å². The van der Waals surface area contributed by atoms with Crippen molar-refractivity contribution in [1.29, 1.82) is 0 Å². The maximum Gasteiger partial charge on any atom is 0.303 e. The van der Waals surface area contributed by atoms with Gasteiger partial charge in [-0.1, -0.05) is 102 Å². The lowest BCUT2D eigenvalue weighted by Gasteiger charge is -2.02. The van der Waals surface area contributed by atoms with Crippen LogP contribution in [0.5, 0.6) is 0 Å². The van der Waals surface area contributed by atoms with Crippen LogP contribution in [0.1, 0.15) is 122 Å². The minimum absolute atomic E-state index is 0.281. The van der Waals surface area contributed by atoms with Crippen LogP contribution in [0.3, 0.4) is 0 Å². The van der Waals surface area contributed by atoms with Gasteiger partial charge in [-0.3, -0.25) is 4.79 Å². The number of hydrogen-bond acceptors (Lipinski definition) is 1. The number of carboxylic acid groups (broad SMARTS) is 1. The second kappa shape index (κ2) is 22.0. The van der Waals surface area contributed by atoms with Crippen LogP contribution in [0.4, 0.5) is 0 Å². The summed E-state index contributed by atoms with van der Waals surface area (Å²) in [5.74, 6) is -0.695. The van der Waals surface area contributed by atoms with Crippen LogP contribution < -0.4 is 0 Å². The fraction of sp³-hybridized carbons (Fsp3) is 0.792. The summed E-state index contributed by atoms with van der Waals surface area (Å²) in [7, 11) is 0. The molecular weight excluding hydrogens is 320 g/mol. The molecule has 0 rings (SSSR count). The molecule has 26 heavy (non-hydrogen) atoms. The molecule has 0 amide bonds. The first kappa shape index (κ1) is 24.9. The van der Waals surface area contributed by atoms with E-state index in [1.54, 1.807) is 0 Å². The highest BCUT2D eigenvalue weighted by atomic mass is 16.4. The molecule has 1 N–H and O–H groups in total. The standard InChI is InChI=1S/C24H44O2/c1-2-3-4-5-6-7-8-9-10-11-12-13-14-15-16-17-18-19-20-21-22-23-24(25)26/h15-16,19-20H,2-14,17-18,21-23H2,1H3,(H,25,26). The fourth-order valence-corrected chi connectivity index (χ4v) is 3.14. The van der Waals surface area contributed by atoms with Gasteiger partial charge in [-0.25, -0.2) is 0 Å². The van der Waals surface area contributed by atoms with Gasteiger partial charge in [-0.15, -0.1) is 0 Å². The van der Waals surface area contributed by atoms with Crippen molar-refractivity contribution in [2.24, 2.45) is 0 Å². The molecule has 2 nitrogen and oxygen atoms in total. The Morgan fingerprint density at radius 2 is 0.962 bits per heavy atom.